The van der Waals surface area contributed by atoms with Crippen LogP contribution in [0.15, 0.2) is 54.6 Å². The van der Waals surface area contributed by atoms with E-state index in [0.29, 0.717) is 28.3 Å². The van der Waals surface area contributed by atoms with Crippen molar-refractivity contribution in [2.75, 3.05) is 20.3 Å². The van der Waals surface area contributed by atoms with Crippen molar-refractivity contribution in [2.45, 2.75) is 12.8 Å². The topological polar surface area (TPSA) is 85.7 Å². The second-order valence-corrected chi connectivity index (χ2v) is 7.23. The van der Waals surface area contributed by atoms with Gasteiger partial charge in [0, 0.05) is 24.0 Å². The summed E-state index contributed by atoms with van der Waals surface area (Å²) in [6.45, 7) is 0.0703. The molecular weight excluding hydrogens is 437 g/mol. The minimum Gasteiger partial charge on any atom is -0.494 e. The summed E-state index contributed by atoms with van der Waals surface area (Å²) in [6, 6.07) is 13.7. The fraction of sp³-hybridized carbons (Fsp3) is 0.208. The quantitative estimate of drug-likeness (QED) is 0.441. The van der Waals surface area contributed by atoms with Crippen molar-refractivity contribution in [3.8, 4) is 22.8 Å². The average Bonchev–Trinajstić information content (AvgIpc) is 2.82. The zero-order valence-electron chi connectivity index (χ0n) is 17.3. The highest BCUT2D eigenvalue weighted by Crippen LogP contribution is 2.31. The number of aliphatic hydroxyl groups is 1. The summed E-state index contributed by atoms with van der Waals surface area (Å²) in [6.07, 6.45) is -0.00830. The Morgan fingerprint density at radius 3 is 2.41 bits per heavy atom. The number of rotatable bonds is 10. The van der Waals surface area contributed by atoms with Gasteiger partial charge in [-0.05, 0) is 54.6 Å². The van der Waals surface area contributed by atoms with Crippen LogP contribution in [0.3, 0.4) is 0 Å². The molecule has 0 aliphatic carbocycles. The van der Waals surface area contributed by atoms with Crippen LogP contribution in [0, 0.1) is 5.82 Å². The summed E-state index contributed by atoms with van der Waals surface area (Å²) < 4.78 is 24.1. The van der Waals surface area contributed by atoms with Gasteiger partial charge < -0.3 is 14.6 Å². The third-order valence-electron chi connectivity index (χ3n) is 4.67. The minimum absolute atomic E-state index is 0.0150. The lowest BCUT2D eigenvalue weighted by atomic mass is 10.0. The lowest BCUT2D eigenvalue weighted by Crippen LogP contribution is -2.08. The molecule has 0 aliphatic rings. The number of hydrogen-bond acceptors (Lipinski definition) is 6. The average molecular weight is 458 g/mol. The van der Waals surface area contributed by atoms with Gasteiger partial charge in [0.05, 0.1) is 18.7 Å². The molecule has 1 heterocycles. The maximum Gasteiger partial charge on any atom is 0.181 e. The second-order valence-electron chi connectivity index (χ2n) is 6.82. The maximum absolute atomic E-state index is 13.5. The SMILES string of the molecule is COc1ccc(C(=O)CCC(=O)c2ccc(OCCO)cc2)nc1-c1ccc(F)c(Cl)c1. The Bertz CT molecular complexity index is 1120. The number of halogens is 2. The van der Waals surface area contributed by atoms with E-state index in [1.165, 1.54) is 31.4 Å². The van der Waals surface area contributed by atoms with E-state index in [1.807, 2.05) is 0 Å². The Labute approximate surface area is 189 Å². The molecule has 0 saturated carbocycles. The molecule has 6 nitrogen and oxygen atoms in total. The number of aromatic nitrogens is 1. The molecule has 0 bridgehead atoms. The van der Waals surface area contributed by atoms with Crippen LogP contribution in [0.4, 0.5) is 4.39 Å². The van der Waals surface area contributed by atoms with E-state index in [2.05, 4.69) is 4.98 Å². The van der Waals surface area contributed by atoms with E-state index in [9.17, 15) is 14.0 Å². The molecular formula is C24H21ClFNO5. The number of benzene rings is 2. The van der Waals surface area contributed by atoms with Gasteiger partial charge in [-0.25, -0.2) is 9.37 Å². The van der Waals surface area contributed by atoms with Gasteiger partial charge in [-0.2, -0.15) is 0 Å². The van der Waals surface area contributed by atoms with E-state index >= 15 is 0 Å². The summed E-state index contributed by atoms with van der Waals surface area (Å²) in [4.78, 5) is 29.5. The van der Waals surface area contributed by atoms with E-state index in [4.69, 9.17) is 26.2 Å². The molecule has 0 saturated heterocycles. The van der Waals surface area contributed by atoms with Crippen LogP contribution < -0.4 is 9.47 Å². The van der Waals surface area contributed by atoms with Crippen molar-refractivity contribution in [3.63, 3.8) is 0 Å². The number of Topliss-reactive ketones (excluding diaryl/α,β-unsaturated/α-hetero) is 2. The van der Waals surface area contributed by atoms with E-state index in [-0.39, 0.29) is 48.3 Å². The van der Waals surface area contributed by atoms with Crippen molar-refractivity contribution in [1.29, 1.82) is 0 Å². The molecule has 0 atom stereocenters. The van der Waals surface area contributed by atoms with Crippen LogP contribution in [0.1, 0.15) is 33.7 Å². The number of pyridine rings is 1. The number of ether oxygens (including phenoxy) is 2. The van der Waals surface area contributed by atoms with Crippen molar-refractivity contribution < 1.29 is 28.6 Å². The number of carbonyl (C=O) groups is 2. The number of methoxy groups -OCH3 is 1. The molecule has 0 spiro atoms. The molecule has 0 amide bonds. The standard InChI is InChI=1S/C24H21ClFNO5/c1-31-23-11-8-20(27-24(23)16-4-7-19(26)18(25)14-16)22(30)10-9-21(29)15-2-5-17(6-3-15)32-13-12-28/h2-8,11,14,28H,9-10,12-13H2,1H3. The fourth-order valence-corrected chi connectivity index (χ4v) is 3.20. The number of aliphatic hydroxyl groups excluding tert-OH is 1. The number of carbonyl (C=O) groups excluding carboxylic acids is 2. The van der Waals surface area contributed by atoms with E-state index < -0.39 is 5.82 Å². The molecule has 166 valence electrons. The third kappa shape index (κ3) is 5.69. The molecule has 0 fully saturated rings. The van der Waals surface area contributed by atoms with Gasteiger partial charge in [-0.15, -0.1) is 0 Å². The smallest absolute Gasteiger partial charge is 0.181 e. The zero-order valence-corrected chi connectivity index (χ0v) is 18.1. The summed E-state index contributed by atoms with van der Waals surface area (Å²) in [5.41, 5.74) is 1.48. The molecule has 3 aromatic rings. The zero-order chi connectivity index (χ0) is 23.1. The molecule has 1 N–H and O–H groups in total. The van der Waals surface area contributed by atoms with Gasteiger partial charge in [0.1, 0.15) is 35.3 Å². The van der Waals surface area contributed by atoms with Gasteiger partial charge in [0.25, 0.3) is 0 Å². The van der Waals surface area contributed by atoms with Crippen LogP contribution in [0.5, 0.6) is 11.5 Å². The maximum atomic E-state index is 13.5. The van der Waals surface area contributed by atoms with Gasteiger partial charge >= 0.3 is 0 Å². The lowest BCUT2D eigenvalue weighted by molar-refractivity contribution is 0.0915. The van der Waals surface area contributed by atoms with Crippen molar-refractivity contribution >= 4 is 23.2 Å². The number of ketones is 2. The van der Waals surface area contributed by atoms with Crippen LogP contribution in [0.2, 0.25) is 5.02 Å². The van der Waals surface area contributed by atoms with E-state index in [1.54, 1.807) is 30.3 Å². The summed E-state index contributed by atoms with van der Waals surface area (Å²) >= 11 is 5.87. The van der Waals surface area contributed by atoms with Crippen LogP contribution >= 0.6 is 11.6 Å². The van der Waals surface area contributed by atoms with Gasteiger partial charge in [0.15, 0.2) is 11.6 Å². The van der Waals surface area contributed by atoms with Gasteiger partial charge in [-0.1, -0.05) is 11.6 Å². The highest BCUT2D eigenvalue weighted by molar-refractivity contribution is 6.31. The molecule has 0 radical (unpaired) electrons. The minimum atomic E-state index is -0.562. The summed E-state index contributed by atoms with van der Waals surface area (Å²) in [5.74, 6) is -0.107. The van der Waals surface area contributed by atoms with Crippen LogP contribution in [-0.2, 0) is 0 Å². The number of hydrogen-bond donors (Lipinski definition) is 1. The Balaban J connectivity index is 1.71. The summed E-state index contributed by atoms with van der Waals surface area (Å²) in [5, 5.41) is 8.71. The molecule has 8 heteroatoms. The predicted octanol–water partition coefficient (Wildman–Crippen LogP) is 4.77. The largest absolute Gasteiger partial charge is 0.494 e. The number of nitrogens with zero attached hydrogens (tertiary/aromatic N) is 1. The molecule has 0 aliphatic heterocycles. The highest BCUT2D eigenvalue weighted by atomic mass is 35.5. The van der Waals surface area contributed by atoms with Crippen molar-refractivity contribution in [2.24, 2.45) is 0 Å². The van der Waals surface area contributed by atoms with Gasteiger partial charge in [0.2, 0.25) is 0 Å². The monoisotopic (exact) mass is 457 g/mol. The van der Waals surface area contributed by atoms with E-state index in [0.717, 1.165) is 0 Å². The first kappa shape index (κ1) is 23.4. The molecule has 0 unspecified atom stereocenters. The highest BCUT2D eigenvalue weighted by Gasteiger charge is 2.16. The second kappa shape index (κ2) is 10.8. The van der Waals surface area contributed by atoms with Crippen LogP contribution in [-0.4, -0.2) is 42.0 Å². The first-order valence-corrected chi connectivity index (χ1v) is 10.2. The van der Waals surface area contributed by atoms with Crippen molar-refractivity contribution in [3.05, 3.63) is 76.7 Å². The lowest BCUT2D eigenvalue weighted by Gasteiger charge is -2.10. The Kier molecular flexibility index (Phi) is 7.92. The first-order valence-electron chi connectivity index (χ1n) is 9.83. The molecule has 2 aromatic carbocycles. The Morgan fingerprint density at radius 1 is 1.03 bits per heavy atom. The van der Waals surface area contributed by atoms with Gasteiger partial charge in [-0.3, -0.25) is 9.59 Å². The molecule has 32 heavy (non-hydrogen) atoms. The Morgan fingerprint density at radius 2 is 1.75 bits per heavy atom. The predicted molar refractivity (Wildman–Crippen MR) is 118 cm³/mol. The first-order chi connectivity index (χ1) is 15.4. The third-order valence-corrected chi connectivity index (χ3v) is 4.96. The fourth-order valence-electron chi connectivity index (χ4n) is 3.02. The molecule has 1 aromatic heterocycles. The molecule has 3 rings (SSSR count). The van der Waals surface area contributed by atoms with Crippen molar-refractivity contribution in [1.82, 2.24) is 4.98 Å². The normalized spacial score (nSPS) is 10.6. The summed E-state index contributed by atoms with van der Waals surface area (Å²) in [7, 11) is 1.46. The van der Waals surface area contributed by atoms with Crippen LogP contribution in [0.25, 0.3) is 11.3 Å². The Hall–Kier alpha value is -3.29.